The zero-order valence-electron chi connectivity index (χ0n) is 12.6. The van der Waals surface area contributed by atoms with Crippen molar-refractivity contribution in [3.8, 4) is 0 Å². The van der Waals surface area contributed by atoms with E-state index in [1.54, 1.807) is 12.1 Å². The summed E-state index contributed by atoms with van der Waals surface area (Å²) in [5.41, 5.74) is 16.2. The fraction of sp³-hybridized carbons (Fsp3) is 0.438. The van der Waals surface area contributed by atoms with Crippen molar-refractivity contribution in [2.75, 3.05) is 13.1 Å². The number of fused-ring (bicyclic) bond motifs is 1. The molecule has 0 amide bonds. The molecule has 0 aliphatic heterocycles. The van der Waals surface area contributed by atoms with Crippen LogP contribution in [0.3, 0.4) is 0 Å². The minimum Gasteiger partial charge on any atom is -0.478 e. The summed E-state index contributed by atoms with van der Waals surface area (Å²) in [4.78, 5) is 11.3. The Morgan fingerprint density at radius 2 is 2.00 bits per heavy atom. The molecule has 1 heterocycles. The number of carboxylic acid groups (broad SMARTS) is 1. The van der Waals surface area contributed by atoms with Gasteiger partial charge in [-0.15, -0.1) is 0 Å². The first kappa shape index (κ1) is 15.5. The number of nitrogens with zero attached hydrogens (tertiary/aromatic N) is 1. The topological polar surface area (TPSA) is 94.3 Å². The van der Waals surface area contributed by atoms with Gasteiger partial charge >= 0.3 is 5.97 Å². The van der Waals surface area contributed by atoms with E-state index in [2.05, 4.69) is 11.5 Å². The average molecular weight is 289 g/mol. The Morgan fingerprint density at radius 3 is 2.52 bits per heavy atom. The summed E-state index contributed by atoms with van der Waals surface area (Å²) in [5, 5.41) is 10.3. The molecule has 2 rings (SSSR count). The minimum absolute atomic E-state index is 0.336. The quantitative estimate of drug-likeness (QED) is 0.754. The van der Waals surface area contributed by atoms with Gasteiger partial charge in [0.1, 0.15) is 0 Å². The number of aryl methyl sites for hydroxylation is 1. The SMILES string of the molecule is CCc1cc(C(=O)O)cc2c(CCN)c(C)n(CCN)c12. The van der Waals surface area contributed by atoms with E-state index in [1.165, 1.54) is 0 Å². The molecule has 5 N–H and O–H groups in total. The Kier molecular flexibility index (Phi) is 4.65. The van der Waals surface area contributed by atoms with Crippen LogP contribution in [0, 0.1) is 6.92 Å². The fourth-order valence-electron chi connectivity index (χ4n) is 3.03. The standard InChI is InChI=1S/C16H23N3O2/c1-3-11-8-12(16(20)21)9-14-13(4-5-17)10(2)19(7-6-18)15(11)14/h8-9H,3-7,17-18H2,1-2H3,(H,20,21). The van der Waals surface area contributed by atoms with Gasteiger partial charge in [0.05, 0.1) is 11.1 Å². The summed E-state index contributed by atoms with van der Waals surface area (Å²) >= 11 is 0. The Bertz CT molecular complexity index is 674. The van der Waals surface area contributed by atoms with Gasteiger partial charge in [0.15, 0.2) is 0 Å². The van der Waals surface area contributed by atoms with Gasteiger partial charge in [-0.3, -0.25) is 0 Å². The van der Waals surface area contributed by atoms with E-state index in [1.807, 2.05) is 6.92 Å². The summed E-state index contributed by atoms with van der Waals surface area (Å²) < 4.78 is 2.20. The zero-order valence-corrected chi connectivity index (χ0v) is 12.6. The van der Waals surface area contributed by atoms with Crippen molar-refractivity contribution in [3.63, 3.8) is 0 Å². The largest absolute Gasteiger partial charge is 0.478 e. The highest BCUT2D eigenvalue weighted by Gasteiger charge is 2.18. The van der Waals surface area contributed by atoms with E-state index in [9.17, 15) is 9.90 Å². The molecule has 1 aromatic heterocycles. The second-order valence-corrected chi connectivity index (χ2v) is 5.23. The lowest BCUT2D eigenvalue weighted by Gasteiger charge is -2.10. The van der Waals surface area contributed by atoms with Crippen LogP contribution in [-0.4, -0.2) is 28.7 Å². The summed E-state index contributed by atoms with van der Waals surface area (Å²) in [6.07, 6.45) is 1.53. The smallest absolute Gasteiger partial charge is 0.335 e. The summed E-state index contributed by atoms with van der Waals surface area (Å²) in [5.74, 6) is -0.894. The van der Waals surface area contributed by atoms with E-state index in [-0.39, 0.29) is 0 Å². The Balaban J connectivity index is 2.84. The van der Waals surface area contributed by atoms with Crippen LogP contribution in [0.1, 0.15) is 34.1 Å². The maximum Gasteiger partial charge on any atom is 0.335 e. The van der Waals surface area contributed by atoms with Crippen LogP contribution in [0.2, 0.25) is 0 Å². The third-order valence-corrected chi connectivity index (χ3v) is 4.00. The number of aromatic carboxylic acids is 1. The molecule has 0 fully saturated rings. The molecule has 2 aromatic rings. The second kappa shape index (κ2) is 6.28. The van der Waals surface area contributed by atoms with Gasteiger partial charge in [-0.1, -0.05) is 6.92 Å². The summed E-state index contributed by atoms with van der Waals surface area (Å²) in [6.45, 7) is 5.92. The molecule has 0 atom stereocenters. The second-order valence-electron chi connectivity index (χ2n) is 5.23. The van der Waals surface area contributed by atoms with Crippen molar-refractivity contribution in [3.05, 3.63) is 34.5 Å². The van der Waals surface area contributed by atoms with Crippen molar-refractivity contribution < 1.29 is 9.90 Å². The highest BCUT2D eigenvalue weighted by molar-refractivity contribution is 5.97. The predicted octanol–water partition coefficient (Wildman–Crippen LogP) is 1.67. The average Bonchev–Trinajstić information content (AvgIpc) is 2.73. The van der Waals surface area contributed by atoms with Crippen LogP contribution >= 0.6 is 0 Å². The number of benzene rings is 1. The van der Waals surface area contributed by atoms with Crippen LogP contribution in [-0.2, 0) is 19.4 Å². The van der Waals surface area contributed by atoms with Gasteiger partial charge < -0.3 is 21.1 Å². The van der Waals surface area contributed by atoms with Gasteiger partial charge in [0.2, 0.25) is 0 Å². The van der Waals surface area contributed by atoms with E-state index < -0.39 is 5.97 Å². The van der Waals surface area contributed by atoms with Crippen molar-refractivity contribution in [2.45, 2.75) is 33.2 Å². The van der Waals surface area contributed by atoms with Crippen molar-refractivity contribution >= 4 is 16.9 Å². The predicted molar refractivity (Wildman–Crippen MR) is 84.8 cm³/mol. The number of hydrogen-bond acceptors (Lipinski definition) is 3. The molecule has 1 aromatic carbocycles. The maximum absolute atomic E-state index is 11.3. The first-order valence-electron chi connectivity index (χ1n) is 7.33. The monoisotopic (exact) mass is 289 g/mol. The Hall–Kier alpha value is -1.85. The number of rotatable bonds is 6. The lowest BCUT2D eigenvalue weighted by molar-refractivity contribution is 0.0697. The molecule has 0 spiro atoms. The van der Waals surface area contributed by atoms with Crippen molar-refractivity contribution in [1.82, 2.24) is 4.57 Å². The lowest BCUT2D eigenvalue weighted by atomic mass is 10.0. The summed E-state index contributed by atoms with van der Waals surface area (Å²) in [7, 11) is 0. The normalized spacial score (nSPS) is 11.2. The van der Waals surface area contributed by atoms with Crippen LogP contribution in [0.25, 0.3) is 10.9 Å². The number of carbonyl (C=O) groups is 1. The number of hydrogen-bond donors (Lipinski definition) is 3. The molecule has 0 aliphatic rings. The molecule has 114 valence electrons. The highest BCUT2D eigenvalue weighted by Crippen LogP contribution is 2.30. The first-order valence-corrected chi connectivity index (χ1v) is 7.33. The Labute approximate surface area is 124 Å². The highest BCUT2D eigenvalue weighted by atomic mass is 16.4. The van der Waals surface area contributed by atoms with Gasteiger partial charge in [-0.2, -0.15) is 0 Å². The minimum atomic E-state index is -0.894. The molecular formula is C16H23N3O2. The van der Waals surface area contributed by atoms with Crippen molar-refractivity contribution in [2.24, 2.45) is 11.5 Å². The number of nitrogens with two attached hydrogens (primary N) is 2. The number of carboxylic acids is 1. The molecule has 21 heavy (non-hydrogen) atoms. The molecule has 0 bridgehead atoms. The van der Waals surface area contributed by atoms with E-state index >= 15 is 0 Å². The van der Waals surface area contributed by atoms with Gasteiger partial charge in [0, 0.05) is 24.2 Å². The first-order chi connectivity index (χ1) is 10.0. The molecular weight excluding hydrogens is 266 g/mol. The third kappa shape index (κ3) is 2.66. The summed E-state index contributed by atoms with van der Waals surface area (Å²) in [6, 6.07) is 3.53. The van der Waals surface area contributed by atoms with Gasteiger partial charge in [-0.05, 0) is 49.6 Å². The van der Waals surface area contributed by atoms with Crippen molar-refractivity contribution in [1.29, 1.82) is 0 Å². The lowest BCUT2D eigenvalue weighted by Crippen LogP contribution is -2.12. The number of aromatic nitrogens is 1. The van der Waals surface area contributed by atoms with Crippen LogP contribution in [0.5, 0.6) is 0 Å². The molecule has 0 aliphatic carbocycles. The molecule has 0 saturated carbocycles. The van der Waals surface area contributed by atoms with Crippen LogP contribution in [0.15, 0.2) is 12.1 Å². The molecule has 0 unspecified atom stereocenters. The maximum atomic E-state index is 11.3. The van der Waals surface area contributed by atoms with E-state index in [0.717, 1.165) is 47.1 Å². The molecule has 0 saturated heterocycles. The molecule has 5 nitrogen and oxygen atoms in total. The van der Waals surface area contributed by atoms with Crippen LogP contribution in [0.4, 0.5) is 0 Å². The van der Waals surface area contributed by atoms with Gasteiger partial charge in [-0.25, -0.2) is 4.79 Å². The third-order valence-electron chi connectivity index (χ3n) is 4.00. The zero-order chi connectivity index (χ0) is 15.6. The van der Waals surface area contributed by atoms with Crippen LogP contribution < -0.4 is 11.5 Å². The van der Waals surface area contributed by atoms with E-state index in [0.29, 0.717) is 18.7 Å². The fourth-order valence-corrected chi connectivity index (χ4v) is 3.03. The van der Waals surface area contributed by atoms with Gasteiger partial charge in [0.25, 0.3) is 0 Å². The Morgan fingerprint density at radius 1 is 1.29 bits per heavy atom. The molecule has 5 heteroatoms. The van der Waals surface area contributed by atoms with E-state index in [4.69, 9.17) is 11.5 Å². The molecule has 0 radical (unpaired) electrons.